The lowest BCUT2D eigenvalue weighted by Crippen LogP contribution is -2.51. The molecule has 0 spiro atoms. The van der Waals surface area contributed by atoms with Gasteiger partial charge in [-0.05, 0) is 191 Å². The van der Waals surface area contributed by atoms with Gasteiger partial charge in [-0.3, -0.25) is 38.8 Å². The van der Waals surface area contributed by atoms with Crippen LogP contribution in [-0.4, -0.2) is 201 Å². The number of carbonyl (C=O) groups is 4. The number of nitrogens with zero attached hydrogens (tertiary/aromatic N) is 4. The molecule has 0 aromatic heterocycles. The second-order valence-electron chi connectivity index (χ2n) is 26.7. The van der Waals surface area contributed by atoms with Crippen molar-refractivity contribution in [3.8, 4) is 46.0 Å². The van der Waals surface area contributed by atoms with Gasteiger partial charge in [0.2, 0.25) is 0 Å². The van der Waals surface area contributed by atoms with Gasteiger partial charge in [-0.1, -0.05) is 110 Å². The Bertz CT molecular complexity index is 7560. The van der Waals surface area contributed by atoms with E-state index in [2.05, 4.69) is 0 Å². The maximum Gasteiger partial charge on any atom is 0.323 e. The molecule has 8 aliphatic rings. The predicted octanol–water partition coefficient (Wildman–Crippen LogP) is 14.3. The fraction of sp³-hybridized carbons (Fsp3) is 0.708. The van der Waals surface area contributed by atoms with Crippen LogP contribution in [0, 0.1) is 70.7 Å². The molecule has 4 fully saturated rings. The number of nitrogens with two attached hydrogens (primary N) is 4. The lowest BCUT2D eigenvalue weighted by Gasteiger charge is -2.47. The first-order chi connectivity index (χ1) is 89.1. The van der Waals surface area contributed by atoms with E-state index < -0.39 is 367 Å². The quantitative estimate of drug-likeness (QED) is 0.0303. The van der Waals surface area contributed by atoms with Gasteiger partial charge in [0, 0.05) is 224 Å². The third-order valence-electron chi connectivity index (χ3n) is 18.6. The Labute approximate surface area is 835 Å². The third-order valence-corrected chi connectivity index (χ3v) is 18.6. The molecular weight excluding hydrogens is 1520 g/mol. The number of hydrogen-bond acceptors (Lipinski definition) is 24. The van der Waals surface area contributed by atoms with Crippen molar-refractivity contribution in [1.29, 1.82) is 0 Å². The van der Waals surface area contributed by atoms with Crippen LogP contribution < -0.4 is 60.8 Å². The average Bonchev–Trinajstić information content (AvgIpc) is 0.650. The first-order valence-electron chi connectivity index (χ1n) is 77.5. The van der Waals surface area contributed by atoms with Gasteiger partial charge >= 0.3 is 23.9 Å². The van der Waals surface area contributed by atoms with Crippen LogP contribution in [0.25, 0.3) is 0 Å². The van der Waals surface area contributed by atoms with E-state index in [1.165, 1.54) is 52.7 Å². The molecule has 8 aliphatic heterocycles. The fourth-order valence-corrected chi connectivity index (χ4v) is 13.1. The van der Waals surface area contributed by atoms with Crippen molar-refractivity contribution in [3.05, 3.63) is 93.0 Å². The van der Waals surface area contributed by atoms with Gasteiger partial charge in [0.05, 0.1) is 71.8 Å². The summed E-state index contributed by atoms with van der Waals surface area (Å²) in [6.07, 6.45) is -45.5. The second kappa shape index (κ2) is 43.9. The Morgan fingerprint density at radius 1 is 0.367 bits per heavy atom. The van der Waals surface area contributed by atoms with Crippen LogP contribution in [0.15, 0.2) is 48.5 Å². The molecule has 0 aliphatic carbocycles. The van der Waals surface area contributed by atoms with Crippen LogP contribution in [0.1, 0.15) is 343 Å². The minimum Gasteiger partial charge on any atom is -0.493 e. The minimum absolute atomic E-state index is 0.0219. The van der Waals surface area contributed by atoms with Crippen molar-refractivity contribution in [1.82, 2.24) is 19.6 Å². The van der Waals surface area contributed by atoms with Gasteiger partial charge in [0.15, 0.2) is 46.0 Å². The molecule has 0 saturated carbocycles. The van der Waals surface area contributed by atoms with Gasteiger partial charge in [0.1, 0.15) is 48.5 Å². The Hall–Kier alpha value is -7.16. The molecule has 20 atom stereocenters. The van der Waals surface area contributed by atoms with Crippen LogP contribution in [0.3, 0.4) is 0 Å². The van der Waals surface area contributed by atoms with Gasteiger partial charge in [-0.2, -0.15) is 0 Å². The number of benzene rings is 4. The van der Waals surface area contributed by atoms with E-state index in [4.69, 9.17) is 165 Å². The van der Waals surface area contributed by atoms with E-state index in [1.54, 1.807) is 0 Å². The monoisotopic (exact) mass is 1760 g/mol. The Morgan fingerprint density at radius 2 is 0.600 bits per heavy atom. The van der Waals surface area contributed by atoms with Crippen molar-refractivity contribution >= 4 is 23.9 Å². The predicted molar refractivity (Wildman–Crippen MR) is 471 cm³/mol. The summed E-state index contributed by atoms with van der Waals surface area (Å²) in [5, 5.41) is 0. The number of esters is 4. The molecule has 0 amide bonds. The SMILES string of the molecule is [2H]C([2H])([2H])C([2H])(C)C([2H])([2H])C1([2H])C([2H])([2H])N2CCc3cc(OC)c(OC)cc3C2C([2H])([2H])C1([2H])OC(=O)[C@@]([2H])(N)C([2H])(C([2H])([2H])[2H])C([2H])([2H])[2H].[2H]C([2H])([2H])Oc1cc2c(cc1OC)C1N(CC2)C([2H])([2H])C([2H])(C([2H])([2H])C([2H])(C)C([2H])([2H])[2H])C(OC(=O)[C@@]([2H])(N)C([2H])(C([2H])([2H])[2H])C([2H])([2H])[2H])C1([2H])[2H].[2H]C([2H])([2H])Oc1cc2c(cc1OC)C1N(CC2)C([2H])([2H])C([2H])(C([2H])([2H])C([2H])(C)C([2H])([2H])[2H])C(OC(=O)[C@@]([2H])(N)C([2H])(C([2H])([2H])[2H])C([2H])([2H])[2H])C1([2H])[2H].[2H]C1([2H])C2c3cc(OC)c(OC)cc3CCN2C([2H])([2H])C([2H])(C([2H])([2H])C([2H])(C)C([2H])([2H])[2H])C1OC(=O)[C@@]([2H])(N)C([2H])(C([2H])([2H])[2H])C([2H])([2H])[2H]. The molecule has 4 saturated heterocycles. The summed E-state index contributed by atoms with van der Waals surface area (Å²) in [5.41, 5.74) is 22.8. The van der Waals surface area contributed by atoms with E-state index in [1.807, 2.05) is 0 Å². The standard InChI is InChI=1S/4C24H38N2O4/c4*1-14(2)9-17-13-26-8-7-16-10-21(28-5)22(29-6)11-18(16)19(26)12-20(17)30-24(27)23(25)15(3)4/h4*10-11,14-15,17,19-20,23H,7-9,12-13,25H2,1-6H3/t4*17?,19?,20?,23-/m0000/s1/i1D3,3D3,4D3,9D2,12D2,13D2,14D,15D,17D,20D,23D;2*1D3,3D3,4D3,5D3,9D2,12D2,13D2,14D,15D,17D,23D;1D3,3D3,4D3,9D2,12D2,13D2,14D,15D,17D,23D/t4*14?,17?,19?,20?,23-. The topological polar surface area (TPSA) is 296 Å². The van der Waals surface area contributed by atoms with Gasteiger partial charge in [-0.25, -0.2) is 0 Å². The second-order valence-corrected chi connectivity index (χ2v) is 26.7. The highest BCUT2D eigenvalue weighted by molar-refractivity contribution is 5.77. The maximum atomic E-state index is 13.9. The zero-order valence-electron chi connectivity index (χ0n) is 149. The largest absolute Gasteiger partial charge is 0.493 e. The number of piperidine rings is 4. The molecule has 0 radical (unpaired) electrons. The first-order valence-corrected chi connectivity index (χ1v) is 36.0. The fourth-order valence-electron chi connectivity index (χ4n) is 13.1. The molecule has 4 aromatic rings. The van der Waals surface area contributed by atoms with Gasteiger partial charge in [-0.15, -0.1) is 0 Å². The molecule has 8 heterocycles. The van der Waals surface area contributed by atoms with Crippen molar-refractivity contribution < 1.29 is 190 Å². The molecule has 120 heavy (non-hydrogen) atoms. The molecule has 16 unspecified atom stereocenters. The van der Waals surface area contributed by atoms with Crippen molar-refractivity contribution in [2.24, 2.45) is 93.7 Å². The van der Waals surface area contributed by atoms with Crippen molar-refractivity contribution in [3.63, 3.8) is 0 Å². The van der Waals surface area contributed by atoms with Crippen molar-refractivity contribution in [2.45, 2.75) is 259 Å². The number of ether oxygens (including phenoxy) is 12. The van der Waals surface area contributed by atoms with E-state index in [9.17, 15) is 48.0 Å². The normalized spacial score (nSPS) is 46.8. The lowest BCUT2D eigenvalue weighted by molar-refractivity contribution is -0.161. The van der Waals surface area contributed by atoms with Crippen LogP contribution in [0.2, 0.25) is 0 Å². The Balaban J connectivity index is 0.000000293. The summed E-state index contributed by atoms with van der Waals surface area (Å²) in [4.78, 5) is 57.8. The zero-order chi connectivity index (χ0) is 160. The number of methoxy groups -OCH3 is 8. The summed E-state index contributed by atoms with van der Waals surface area (Å²) in [6.45, 7) is -62.1. The zero-order valence-corrected chi connectivity index (χ0v) is 66.4. The molecule has 24 nitrogen and oxygen atoms in total. The summed E-state index contributed by atoms with van der Waals surface area (Å²) in [7, 11) is 1.23. The maximum absolute atomic E-state index is 13.9. The summed E-state index contributed by atoms with van der Waals surface area (Å²) in [5.74, 6) is -58.7. The lowest BCUT2D eigenvalue weighted by atomic mass is 9.79. The summed E-state index contributed by atoms with van der Waals surface area (Å²) < 4.78 is 753. The Morgan fingerprint density at radius 3 is 0.850 bits per heavy atom. The highest BCUT2D eigenvalue weighted by Gasteiger charge is 2.47. The van der Waals surface area contributed by atoms with E-state index >= 15 is 0 Å². The van der Waals surface area contributed by atoms with Crippen LogP contribution in [-0.2, 0) is 63.8 Å². The number of fused-ring (bicyclic) bond motifs is 12. The van der Waals surface area contributed by atoms with Crippen LogP contribution >= 0.6 is 0 Å². The molecule has 4 aromatic carbocycles. The highest BCUT2D eigenvalue weighted by atomic mass is 16.6. The number of carbonyl (C=O) groups excluding carboxylic acids is 4. The molecule has 24 heteroatoms. The third kappa shape index (κ3) is 23.8. The van der Waals surface area contributed by atoms with E-state index in [0.29, 0.717) is 52.9 Å². The Kier molecular flexibility index (Phi) is 12.4. The molecule has 12 rings (SSSR count). The first kappa shape index (κ1) is 34.0. The van der Waals surface area contributed by atoms with Gasteiger partial charge in [0.25, 0.3) is 0 Å². The van der Waals surface area contributed by atoms with Crippen LogP contribution in [0.5, 0.6) is 46.0 Å². The molecule has 8 N–H and O–H groups in total. The smallest absolute Gasteiger partial charge is 0.323 e. The highest BCUT2D eigenvalue weighted by Crippen LogP contribution is 2.50. The number of hydrogen-bond donors (Lipinski definition) is 4. The molecule has 672 valence electrons. The summed E-state index contributed by atoms with van der Waals surface area (Å²) in [6, 6.07) is -15.4. The number of rotatable bonds is 28. The molecule has 0 bridgehead atoms. The van der Waals surface area contributed by atoms with Gasteiger partial charge < -0.3 is 79.8 Å². The van der Waals surface area contributed by atoms with Crippen molar-refractivity contribution in [2.75, 3.05) is 109 Å². The average molecular weight is 1760 g/mol. The van der Waals surface area contributed by atoms with Crippen LogP contribution in [0.4, 0.5) is 0 Å². The minimum atomic E-state index is -4.45. The summed E-state index contributed by atoms with van der Waals surface area (Å²) >= 11 is 0. The molecular formula is C96H152N8O16. The van der Waals surface area contributed by atoms with E-state index in [0.717, 1.165) is 38.5 Å². The van der Waals surface area contributed by atoms with E-state index in [-0.39, 0.29) is 111 Å².